The molecule has 2 aliphatic heterocycles. The Balaban J connectivity index is 1.90. The van der Waals surface area contributed by atoms with Gasteiger partial charge in [0.15, 0.2) is 0 Å². The fourth-order valence-electron chi connectivity index (χ4n) is 3.07. The number of hydrogen-bond donors (Lipinski definition) is 1. The Morgan fingerprint density at radius 2 is 2.29 bits per heavy atom. The molecule has 4 heteroatoms. The molecule has 2 aliphatic rings. The van der Waals surface area contributed by atoms with Crippen LogP contribution in [0.2, 0.25) is 0 Å². The Labute approximate surface area is 104 Å². The summed E-state index contributed by atoms with van der Waals surface area (Å²) in [6.07, 6.45) is 3.30. The number of nitrogens with one attached hydrogen (secondary N) is 1. The zero-order valence-electron chi connectivity index (χ0n) is 10.9. The van der Waals surface area contributed by atoms with Gasteiger partial charge in [0.05, 0.1) is 12.5 Å². The van der Waals surface area contributed by atoms with Crippen LogP contribution in [-0.4, -0.2) is 50.2 Å². The number of ether oxygens (including phenoxy) is 1. The van der Waals surface area contributed by atoms with Crippen molar-refractivity contribution < 1.29 is 9.53 Å². The predicted molar refractivity (Wildman–Crippen MR) is 66.8 cm³/mol. The second-order valence-corrected chi connectivity index (χ2v) is 5.39. The van der Waals surface area contributed by atoms with Crippen molar-refractivity contribution >= 4 is 5.91 Å². The molecule has 0 aromatic rings. The molecule has 3 unspecified atom stereocenters. The fourth-order valence-corrected chi connectivity index (χ4v) is 3.07. The highest BCUT2D eigenvalue weighted by molar-refractivity contribution is 5.80. The van der Waals surface area contributed by atoms with Crippen molar-refractivity contribution in [3.8, 4) is 0 Å². The largest absolute Gasteiger partial charge is 0.384 e. The Hall–Kier alpha value is -0.610. The predicted octanol–water partition coefficient (Wildman–Crippen LogP) is 0.869. The average Bonchev–Trinajstić information content (AvgIpc) is 2.75. The molecule has 2 saturated heterocycles. The van der Waals surface area contributed by atoms with Crippen LogP contribution in [0.1, 0.15) is 26.2 Å². The third kappa shape index (κ3) is 2.99. The van der Waals surface area contributed by atoms with Gasteiger partial charge in [-0.25, -0.2) is 0 Å². The Morgan fingerprint density at radius 1 is 1.47 bits per heavy atom. The Kier molecular flexibility index (Phi) is 4.40. The minimum atomic E-state index is 0.191. The first-order valence-electron chi connectivity index (χ1n) is 6.73. The van der Waals surface area contributed by atoms with E-state index in [9.17, 15) is 4.79 Å². The van der Waals surface area contributed by atoms with Crippen LogP contribution in [0, 0.1) is 11.8 Å². The van der Waals surface area contributed by atoms with Gasteiger partial charge < -0.3 is 15.0 Å². The van der Waals surface area contributed by atoms with E-state index in [4.69, 9.17) is 4.74 Å². The maximum Gasteiger partial charge on any atom is 0.227 e. The minimum absolute atomic E-state index is 0.191. The normalized spacial score (nSPS) is 34.0. The second kappa shape index (κ2) is 5.83. The van der Waals surface area contributed by atoms with E-state index in [1.54, 1.807) is 7.11 Å². The van der Waals surface area contributed by atoms with Gasteiger partial charge in [0.2, 0.25) is 5.91 Å². The van der Waals surface area contributed by atoms with Crippen LogP contribution in [-0.2, 0) is 9.53 Å². The Bertz CT molecular complexity index is 268. The number of nitrogens with zero attached hydrogens (tertiary/aromatic N) is 1. The van der Waals surface area contributed by atoms with Gasteiger partial charge in [0, 0.05) is 26.2 Å². The van der Waals surface area contributed by atoms with Crippen molar-refractivity contribution in [2.45, 2.75) is 32.2 Å². The zero-order valence-corrected chi connectivity index (χ0v) is 10.9. The van der Waals surface area contributed by atoms with Crippen molar-refractivity contribution in [1.29, 1.82) is 0 Å². The molecule has 3 atom stereocenters. The van der Waals surface area contributed by atoms with Gasteiger partial charge >= 0.3 is 0 Å². The number of carbonyl (C=O) groups excluding carboxylic acids is 1. The lowest BCUT2D eigenvalue weighted by Crippen LogP contribution is -2.46. The van der Waals surface area contributed by atoms with Gasteiger partial charge in [-0.3, -0.25) is 4.79 Å². The lowest BCUT2D eigenvalue weighted by molar-refractivity contribution is -0.137. The Morgan fingerprint density at radius 3 is 2.94 bits per heavy atom. The number of piperidine rings is 1. The molecule has 0 aliphatic carbocycles. The molecular formula is C13H24N2O2. The van der Waals surface area contributed by atoms with E-state index in [-0.39, 0.29) is 5.92 Å². The molecule has 1 N–H and O–H groups in total. The van der Waals surface area contributed by atoms with Crippen LogP contribution in [0.3, 0.4) is 0 Å². The van der Waals surface area contributed by atoms with Crippen molar-refractivity contribution in [3.63, 3.8) is 0 Å². The topological polar surface area (TPSA) is 41.6 Å². The summed E-state index contributed by atoms with van der Waals surface area (Å²) >= 11 is 0. The van der Waals surface area contributed by atoms with Crippen LogP contribution >= 0.6 is 0 Å². The number of hydrogen-bond acceptors (Lipinski definition) is 3. The highest BCUT2D eigenvalue weighted by Crippen LogP contribution is 2.23. The molecular weight excluding hydrogens is 216 g/mol. The molecule has 1 amide bonds. The summed E-state index contributed by atoms with van der Waals surface area (Å²) in [5.41, 5.74) is 0. The summed E-state index contributed by atoms with van der Waals surface area (Å²) in [5.74, 6) is 1.07. The molecule has 2 heterocycles. The zero-order chi connectivity index (χ0) is 12.3. The first-order chi connectivity index (χ1) is 8.22. The van der Waals surface area contributed by atoms with E-state index in [0.29, 0.717) is 17.9 Å². The van der Waals surface area contributed by atoms with E-state index in [0.717, 1.165) is 39.1 Å². The minimum Gasteiger partial charge on any atom is -0.384 e. The van der Waals surface area contributed by atoms with Crippen molar-refractivity contribution in [3.05, 3.63) is 0 Å². The fraction of sp³-hybridized carbons (Fsp3) is 0.923. The smallest absolute Gasteiger partial charge is 0.227 e. The van der Waals surface area contributed by atoms with E-state index in [2.05, 4.69) is 17.1 Å². The van der Waals surface area contributed by atoms with Crippen LogP contribution in [0.4, 0.5) is 0 Å². The number of carbonyl (C=O) groups is 1. The van der Waals surface area contributed by atoms with Crippen LogP contribution in [0.15, 0.2) is 0 Å². The van der Waals surface area contributed by atoms with Crippen molar-refractivity contribution in [2.75, 3.05) is 33.4 Å². The second-order valence-electron chi connectivity index (χ2n) is 5.39. The summed E-state index contributed by atoms with van der Waals surface area (Å²) in [4.78, 5) is 14.5. The van der Waals surface area contributed by atoms with Gasteiger partial charge in [-0.15, -0.1) is 0 Å². The van der Waals surface area contributed by atoms with Gasteiger partial charge in [0.25, 0.3) is 0 Å². The number of likely N-dealkylation sites (tertiary alicyclic amines) is 1. The lowest BCUT2D eigenvalue weighted by atomic mass is 9.95. The quantitative estimate of drug-likeness (QED) is 0.796. The van der Waals surface area contributed by atoms with Crippen LogP contribution in [0.5, 0.6) is 0 Å². The molecule has 0 aromatic heterocycles. The number of rotatable bonds is 3. The average molecular weight is 240 g/mol. The highest BCUT2D eigenvalue weighted by Gasteiger charge is 2.34. The molecule has 0 bridgehead atoms. The first kappa shape index (κ1) is 12.8. The lowest BCUT2D eigenvalue weighted by Gasteiger charge is -2.34. The van der Waals surface area contributed by atoms with Gasteiger partial charge in [-0.05, 0) is 38.6 Å². The number of amides is 1. The van der Waals surface area contributed by atoms with E-state index in [1.807, 2.05) is 0 Å². The molecule has 0 saturated carbocycles. The van der Waals surface area contributed by atoms with Crippen molar-refractivity contribution in [2.24, 2.45) is 11.8 Å². The highest BCUT2D eigenvalue weighted by atomic mass is 16.5. The van der Waals surface area contributed by atoms with Gasteiger partial charge in [0.1, 0.15) is 0 Å². The van der Waals surface area contributed by atoms with Crippen molar-refractivity contribution in [1.82, 2.24) is 10.2 Å². The van der Waals surface area contributed by atoms with Gasteiger partial charge in [-0.1, -0.05) is 0 Å². The maximum atomic E-state index is 12.4. The van der Waals surface area contributed by atoms with E-state index < -0.39 is 0 Å². The molecule has 0 spiro atoms. The standard InChI is InChI=1S/C13H24N2O2/c1-10-12(5-6-14-10)13(16)15-7-3-4-11(8-15)9-17-2/h10-12,14H,3-9H2,1-2H3. The molecule has 0 radical (unpaired) electrons. The van der Waals surface area contributed by atoms with E-state index in [1.165, 1.54) is 6.42 Å². The summed E-state index contributed by atoms with van der Waals surface area (Å²) in [7, 11) is 1.74. The summed E-state index contributed by atoms with van der Waals surface area (Å²) in [5, 5.41) is 3.35. The summed E-state index contributed by atoms with van der Waals surface area (Å²) in [6.45, 7) is 5.69. The maximum absolute atomic E-state index is 12.4. The van der Waals surface area contributed by atoms with Gasteiger partial charge in [-0.2, -0.15) is 0 Å². The molecule has 2 rings (SSSR count). The third-order valence-electron chi connectivity index (χ3n) is 4.08. The molecule has 17 heavy (non-hydrogen) atoms. The van der Waals surface area contributed by atoms with Crippen LogP contribution in [0.25, 0.3) is 0 Å². The molecule has 4 nitrogen and oxygen atoms in total. The molecule has 2 fully saturated rings. The summed E-state index contributed by atoms with van der Waals surface area (Å²) < 4.78 is 5.21. The third-order valence-corrected chi connectivity index (χ3v) is 4.08. The molecule has 0 aromatic carbocycles. The first-order valence-corrected chi connectivity index (χ1v) is 6.73. The monoisotopic (exact) mass is 240 g/mol. The summed E-state index contributed by atoms with van der Waals surface area (Å²) in [6, 6.07) is 0.338. The van der Waals surface area contributed by atoms with Crippen LogP contribution < -0.4 is 5.32 Å². The van der Waals surface area contributed by atoms with E-state index >= 15 is 0 Å². The molecule has 98 valence electrons. The number of methoxy groups -OCH3 is 1. The SMILES string of the molecule is COCC1CCCN(C(=O)C2CCNC2C)C1.